The summed E-state index contributed by atoms with van der Waals surface area (Å²) in [5.41, 5.74) is 11.2. The molecule has 1 saturated carbocycles. The fourth-order valence-corrected chi connectivity index (χ4v) is 7.16. The van der Waals surface area contributed by atoms with Crippen molar-refractivity contribution in [2.45, 2.75) is 89.1 Å². The quantitative estimate of drug-likeness (QED) is 0.242. The van der Waals surface area contributed by atoms with E-state index in [2.05, 4.69) is 72.8 Å². The number of rotatable bonds is 4. The van der Waals surface area contributed by atoms with E-state index in [4.69, 9.17) is 9.98 Å². The second-order valence-electron chi connectivity index (χ2n) is 12.9. The van der Waals surface area contributed by atoms with Crippen molar-refractivity contribution in [2.24, 2.45) is 9.98 Å². The van der Waals surface area contributed by atoms with Crippen LogP contribution in [0.25, 0.3) is 0 Å². The van der Waals surface area contributed by atoms with Crippen LogP contribution in [0.2, 0.25) is 0 Å². The average Bonchev–Trinajstić information content (AvgIpc) is 3.04. The molecular weight excluding hydrogens is 540 g/mol. The molecule has 0 radical (unpaired) electrons. The van der Waals surface area contributed by atoms with Gasteiger partial charge in [0, 0.05) is 23.6 Å². The number of nitrogens with zero attached hydrogens (tertiary/aromatic N) is 2. The summed E-state index contributed by atoms with van der Waals surface area (Å²) in [5.74, 6) is 0.761. The zero-order chi connectivity index (χ0) is 29.9. The van der Waals surface area contributed by atoms with Crippen LogP contribution in [0.3, 0.4) is 0 Å². The lowest BCUT2D eigenvalue weighted by molar-refractivity contribution is 0.390. The first-order valence-corrected chi connectivity index (χ1v) is 16.5. The van der Waals surface area contributed by atoms with Crippen LogP contribution in [0.15, 0.2) is 82.8 Å². The number of aliphatic imine (C=N–C) groups is 2. The van der Waals surface area contributed by atoms with Gasteiger partial charge in [0.05, 0.1) is 12.1 Å². The van der Waals surface area contributed by atoms with Gasteiger partial charge < -0.3 is 10.2 Å². The van der Waals surface area contributed by atoms with Crippen LogP contribution in [-0.2, 0) is 51.4 Å². The molecule has 0 aromatic heterocycles. The van der Waals surface area contributed by atoms with Crippen LogP contribution < -0.4 is 0 Å². The molecule has 1 fully saturated rings. The van der Waals surface area contributed by atoms with Crippen molar-refractivity contribution in [1.29, 1.82) is 0 Å². The second kappa shape index (κ2) is 12.8. The number of phenolic OH excluding ortho intramolecular Hbond substituents is 2. The van der Waals surface area contributed by atoms with Gasteiger partial charge in [-0.1, -0.05) is 85.6 Å². The smallest absolute Gasteiger partial charge is 0.127 e. The number of aryl methyl sites for hydroxylation is 8. The standard InChI is InChI=1S/C40H42N2O2/c43-39-33-19-15-29-9-5-27(6-10-29)13-17-31(21-23-33)35(39)25-41-37-3-1-2-4-38(37)42-26-36-32-18-14-28-7-11-30(12-8-28)16-20-34(24-22-32)40(36)44/h5-12,21-26,37-38,43-44H,1-4,13-20H2/t37-,38-/m1/s1. The molecule has 0 unspecified atom stereocenters. The lowest BCUT2D eigenvalue weighted by Crippen LogP contribution is -2.27. The van der Waals surface area contributed by atoms with Crippen molar-refractivity contribution in [2.75, 3.05) is 0 Å². The van der Waals surface area contributed by atoms with Crippen molar-refractivity contribution >= 4 is 12.4 Å². The third-order valence-electron chi connectivity index (χ3n) is 10.0. The third-order valence-corrected chi connectivity index (χ3v) is 10.0. The Hall–Kier alpha value is -4.18. The highest BCUT2D eigenvalue weighted by Crippen LogP contribution is 2.32. The molecule has 0 saturated heterocycles. The lowest BCUT2D eigenvalue weighted by Gasteiger charge is -2.26. The van der Waals surface area contributed by atoms with Gasteiger partial charge in [0.25, 0.3) is 0 Å². The van der Waals surface area contributed by atoms with Gasteiger partial charge in [-0.25, -0.2) is 0 Å². The van der Waals surface area contributed by atoms with Crippen molar-refractivity contribution in [1.82, 2.24) is 0 Å². The van der Waals surface area contributed by atoms with Gasteiger partial charge in [-0.15, -0.1) is 0 Å². The van der Waals surface area contributed by atoms with Gasteiger partial charge in [-0.05, 0) is 109 Å². The molecule has 4 nitrogen and oxygen atoms in total. The Labute approximate surface area is 261 Å². The molecule has 224 valence electrons. The normalized spacial score (nSPS) is 20.1. The molecule has 9 aliphatic rings. The Balaban J connectivity index is 1.15. The first-order chi connectivity index (χ1) is 21.6. The molecule has 9 aliphatic carbocycles. The van der Waals surface area contributed by atoms with Crippen LogP contribution in [0.5, 0.6) is 11.5 Å². The minimum absolute atomic E-state index is 0.0546. The van der Waals surface area contributed by atoms with Crippen molar-refractivity contribution in [3.63, 3.8) is 0 Å². The summed E-state index contributed by atoms with van der Waals surface area (Å²) in [6, 6.07) is 26.5. The largest absolute Gasteiger partial charge is 0.507 e. The number of hydrogen-bond acceptors (Lipinski definition) is 4. The highest BCUT2D eigenvalue weighted by Gasteiger charge is 2.24. The Morgan fingerprint density at radius 2 is 0.750 bits per heavy atom. The molecule has 2 N–H and O–H groups in total. The van der Waals surface area contributed by atoms with E-state index < -0.39 is 0 Å². The van der Waals surface area contributed by atoms with Gasteiger partial charge in [0.1, 0.15) is 11.5 Å². The Bertz CT molecular complexity index is 1560. The van der Waals surface area contributed by atoms with E-state index in [1.165, 1.54) is 22.3 Å². The number of phenols is 2. The maximum atomic E-state index is 11.4. The maximum absolute atomic E-state index is 11.4. The van der Waals surface area contributed by atoms with Crippen LogP contribution in [0, 0.1) is 0 Å². The fourth-order valence-electron chi connectivity index (χ4n) is 7.16. The van der Waals surface area contributed by atoms with E-state index in [9.17, 15) is 10.2 Å². The molecule has 2 atom stereocenters. The first kappa shape index (κ1) is 28.6. The van der Waals surface area contributed by atoms with Crippen LogP contribution in [-0.4, -0.2) is 34.7 Å². The minimum atomic E-state index is 0.0546. The molecule has 13 rings (SSSR count). The van der Waals surface area contributed by atoms with Gasteiger partial charge in [-0.2, -0.15) is 0 Å². The summed E-state index contributed by atoms with van der Waals surface area (Å²) in [5, 5.41) is 22.8. The van der Waals surface area contributed by atoms with E-state index in [1.807, 2.05) is 12.4 Å². The summed E-state index contributed by atoms with van der Waals surface area (Å²) in [7, 11) is 0. The summed E-state index contributed by atoms with van der Waals surface area (Å²) in [6.45, 7) is 0. The van der Waals surface area contributed by atoms with Crippen molar-refractivity contribution in [3.05, 3.63) is 128 Å². The zero-order valence-electron chi connectivity index (χ0n) is 25.5. The summed E-state index contributed by atoms with van der Waals surface area (Å²) in [4.78, 5) is 10.2. The van der Waals surface area contributed by atoms with E-state index in [1.54, 1.807) is 0 Å². The van der Waals surface area contributed by atoms with Crippen LogP contribution in [0.4, 0.5) is 0 Å². The Morgan fingerprint density at radius 1 is 0.432 bits per heavy atom. The number of hydrogen-bond donors (Lipinski definition) is 2. The molecule has 0 spiro atoms. The van der Waals surface area contributed by atoms with Crippen molar-refractivity contribution < 1.29 is 10.2 Å². The van der Waals surface area contributed by atoms with Crippen molar-refractivity contribution in [3.8, 4) is 11.5 Å². The molecule has 4 aromatic rings. The Kier molecular flexibility index (Phi) is 8.33. The lowest BCUT2D eigenvalue weighted by atomic mass is 9.90. The predicted molar refractivity (Wildman–Crippen MR) is 180 cm³/mol. The molecule has 4 heteroatoms. The average molecular weight is 583 g/mol. The topological polar surface area (TPSA) is 65.2 Å². The molecule has 0 aliphatic heterocycles. The summed E-state index contributed by atoms with van der Waals surface area (Å²) >= 11 is 0. The van der Waals surface area contributed by atoms with E-state index in [0.717, 1.165) is 110 Å². The van der Waals surface area contributed by atoms with Gasteiger partial charge in [-0.3, -0.25) is 9.98 Å². The highest BCUT2D eigenvalue weighted by molar-refractivity contribution is 5.87. The second-order valence-corrected chi connectivity index (χ2v) is 12.9. The molecule has 0 amide bonds. The van der Waals surface area contributed by atoms with Crippen LogP contribution in [0.1, 0.15) is 81.3 Å². The van der Waals surface area contributed by atoms with Gasteiger partial charge in [0.2, 0.25) is 0 Å². The van der Waals surface area contributed by atoms with Gasteiger partial charge in [0.15, 0.2) is 0 Å². The van der Waals surface area contributed by atoms with E-state index in [0.29, 0.717) is 11.5 Å². The summed E-state index contributed by atoms with van der Waals surface area (Å²) < 4.78 is 0. The predicted octanol–water partition coefficient (Wildman–Crippen LogP) is 7.71. The molecule has 8 bridgehead atoms. The highest BCUT2D eigenvalue weighted by atomic mass is 16.3. The number of benzene rings is 4. The molecular formula is C40H42N2O2. The van der Waals surface area contributed by atoms with Crippen LogP contribution >= 0.6 is 0 Å². The number of aromatic hydroxyl groups is 2. The SMILES string of the molecule is Oc1c2ccc(c1C=N[C@@H]1CCCC[C@H]1N=Cc1c3ccc(c1O)CCc1ccc(cc1)CC3)CCc1ccc(cc1)CC2. The molecule has 4 aromatic carbocycles. The zero-order valence-corrected chi connectivity index (χ0v) is 25.5. The monoisotopic (exact) mass is 582 g/mol. The molecule has 44 heavy (non-hydrogen) atoms. The minimum Gasteiger partial charge on any atom is -0.507 e. The van der Waals surface area contributed by atoms with E-state index >= 15 is 0 Å². The molecule has 0 heterocycles. The first-order valence-electron chi connectivity index (χ1n) is 16.5. The third kappa shape index (κ3) is 6.22. The maximum Gasteiger partial charge on any atom is 0.127 e. The van der Waals surface area contributed by atoms with E-state index in [-0.39, 0.29) is 12.1 Å². The fraction of sp³-hybridized carbons (Fsp3) is 0.350. The summed E-state index contributed by atoms with van der Waals surface area (Å²) in [6.07, 6.45) is 15.1. The Morgan fingerprint density at radius 3 is 1.11 bits per heavy atom. The van der Waals surface area contributed by atoms with Gasteiger partial charge >= 0.3 is 0 Å².